The smallest absolute Gasteiger partial charge is 0.255 e. The van der Waals surface area contributed by atoms with Gasteiger partial charge in [-0.3, -0.25) is 14.7 Å². The number of hydrogen-bond acceptors (Lipinski definition) is 5. The molecule has 3 heterocycles. The largest absolute Gasteiger partial charge is 0.336 e. The molecule has 1 unspecified atom stereocenters. The molecule has 0 saturated carbocycles. The topological polar surface area (TPSA) is 70.6 Å². The van der Waals surface area contributed by atoms with E-state index in [1.165, 1.54) is 0 Å². The number of piperazine rings is 1. The summed E-state index contributed by atoms with van der Waals surface area (Å²) in [5.41, 5.74) is 5.54. The molecular formula is C28H29N3O3S. The summed E-state index contributed by atoms with van der Waals surface area (Å²) >= 11 is 0. The lowest BCUT2D eigenvalue weighted by Gasteiger charge is -2.40. The van der Waals surface area contributed by atoms with E-state index in [0.29, 0.717) is 36.6 Å². The number of nitrogens with zero attached hydrogens (tertiary/aromatic N) is 3. The van der Waals surface area contributed by atoms with Crippen molar-refractivity contribution in [3.05, 3.63) is 100 Å². The van der Waals surface area contributed by atoms with Crippen LogP contribution in [0.5, 0.6) is 0 Å². The number of hydrogen-bond donors (Lipinski definition) is 0. The van der Waals surface area contributed by atoms with Crippen molar-refractivity contribution in [1.82, 2.24) is 14.8 Å². The molecule has 2 aliphatic heterocycles. The van der Waals surface area contributed by atoms with Crippen molar-refractivity contribution in [2.45, 2.75) is 29.5 Å². The average molecular weight is 488 g/mol. The van der Waals surface area contributed by atoms with Gasteiger partial charge in [0.1, 0.15) is 0 Å². The number of aromatic nitrogens is 1. The molecule has 2 aromatic carbocycles. The van der Waals surface area contributed by atoms with Crippen molar-refractivity contribution in [2.24, 2.45) is 0 Å². The van der Waals surface area contributed by atoms with Crippen LogP contribution >= 0.6 is 0 Å². The third kappa shape index (κ3) is 3.89. The second-order valence-electron chi connectivity index (χ2n) is 9.42. The standard InChI is InChI=1S/C28H27N3O3S.H2/c32-28(25-18-29-17-20-7-1-3-9-22(20)25)31-15-13-30(14-16-31)27-23-10-4-2-8-21(23)19-35(33,34)26-12-6-5-11-24(26)27;/h1-2,4-8,10-12,17-18,27H,3,9,13-16,19H2;1H. The second-order valence-corrected chi connectivity index (χ2v) is 11.4. The molecule has 1 atom stereocenters. The fourth-order valence-electron chi connectivity index (χ4n) is 5.67. The van der Waals surface area contributed by atoms with Crippen LogP contribution in [0.2, 0.25) is 0 Å². The van der Waals surface area contributed by atoms with E-state index < -0.39 is 9.84 Å². The van der Waals surface area contributed by atoms with Gasteiger partial charge >= 0.3 is 0 Å². The van der Waals surface area contributed by atoms with E-state index in [9.17, 15) is 13.2 Å². The van der Waals surface area contributed by atoms with E-state index in [4.69, 9.17) is 0 Å². The van der Waals surface area contributed by atoms with Crippen molar-refractivity contribution in [1.29, 1.82) is 0 Å². The molecule has 3 aliphatic rings. The molecule has 0 radical (unpaired) electrons. The summed E-state index contributed by atoms with van der Waals surface area (Å²) in [6.45, 7) is 2.51. The quantitative estimate of drug-likeness (QED) is 0.544. The summed E-state index contributed by atoms with van der Waals surface area (Å²) in [7, 11) is -3.44. The van der Waals surface area contributed by atoms with Crippen LogP contribution in [-0.4, -0.2) is 55.3 Å². The molecule has 35 heavy (non-hydrogen) atoms. The molecule has 0 N–H and O–H groups in total. The van der Waals surface area contributed by atoms with E-state index in [0.717, 1.165) is 40.7 Å². The van der Waals surface area contributed by atoms with Gasteiger partial charge < -0.3 is 4.90 Å². The van der Waals surface area contributed by atoms with E-state index >= 15 is 0 Å². The normalized spacial score (nSPS) is 20.9. The fourth-order valence-corrected chi connectivity index (χ4v) is 7.32. The van der Waals surface area contributed by atoms with E-state index in [2.05, 4.69) is 22.0 Å². The minimum absolute atomic E-state index is 0. The first-order valence-corrected chi connectivity index (χ1v) is 13.7. The Hall–Kier alpha value is -3.29. The minimum atomic E-state index is -3.44. The number of benzene rings is 2. The second kappa shape index (κ2) is 8.73. The van der Waals surface area contributed by atoms with Crippen LogP contribution in [0.25, 0.3) is 6.08 Å². The van der Waals surface area contributed by atoms with Gasteiger partial charge in [-0.2, -0.15) is 0 Å². The number of fused-ring (bicyclic) bond motifs is 3. The number of allylic oxidation sites excluding steroid dienone is 1. The zero-order valence-electron chi connectivity index (χ0n) is 19.4. The predicted molar refractivity (Wildman–Crippen MR) is 137 cm³/mol. The first-order chi connectivity index (χ1) is 17.0. The summed E-state index contributed by atoms with van der Waals surface area (Å²) in [6, 6.07) is 15.1. The van der Waals surface area contributed by atoms with E-state index in [1.54, 1.807) is 18.3 Å². The van der Waals surface area contributed by atoms with Crippen LogP contribution in [0.3, 0.4) is 0 Å². The Kier molecular flexibility index (Phi) is 5.54. The van der Waals surface area contributed by atoms with Gasteiger partial charge in [-0.15, -0.1) is 0 Å². The number of carbonyl (C=O) groups excluding carboxylic acids is 1. The Morgan fingerprint density at radius 1 is 0.943 bits per heavy atom. The van der Waals surface area contributed by atoms with Crippen molar-refractivity contribution in [3.8, 4) is 0 Å². The van der Waals surface area contributed by atoms with Crippen molar-refractivity contribution >= 4 is 21.8 Å². The summed E-state index contributed by atoms with van der Waals surface area (Å²) in [6.07, 6.45) is 9.51. The molecule has 7 heteroatoms. The minimum Gasteiger partial charge on any atom is -0.336 e. The number of rotatable bonds is 2. The van der Waals surface area contributed by atoms with Crippen LogP contribution in [-0.2, 0) is 22.0 Å². The lowest BCUT2D eigenvalue weighted by molar-refractivity contribution is 0.0594. The number of amides is 1. The van der Waals surface area contributed by atoms with Crippen LogP contribution < -0.4 is 0 Å². The molecule has 0 spiro atoms. The first-order valence-electron chi connectivity index (χ1n) is 12.1. The predicted octanol–water partition coefficient (Wildman–Crippen LogP) is 4.12. The van der Waals surface area contributed by atoms with Gasteiger partial charge in [0.15, 0.2) is 9.84 Å². The first kappa shape index (κ1) is 22.2. The summed E-state index contributed by atoms with van der Waals surface area (Å²) in [5, 5.41) is 0. The lowest BCUT2D eigenvalue weighted by atomic mass is 9.92. The maximum atomic E-state index is 13.5. The molecule has 1 saturated heterocycles. The number of pyridine rings is 1. The molecule has 1 fully saturated rings. The summed E-state index contributed by atoms with van der Waals surface area (Å²) in [4.78, 5) is 22.4. The molecular weight excluding hydrogens is 458 g/mol. The Labute approximate surface area is 207 Å². The molecule has 1 aliphatic carbocycles. The molecule has 3 aromatic rings. The van der Waals surface area contributed by atoms with E-state index in [1.807, 2.05) is 47.5 Å². The summed E-state index contributed by atoms with van der Waals surface area (Å²) in [5.74, 6) is 0.0453. The number of sulfone groups is 1. The van der Waals surface area contributed by atoms with Crippen molar-refractivity contribution < 1.29 is 14.6 Å². The number of carbonyl (C=O) groups is 1. The molecule has 0 bridgehead atoms. The van der Waals surface area contributed by atoms with Gasteiger partial charge in [-0.1, -0.05) is 54.6 Å². The fraction of sp³-hybridized carbons (Fsp3) is 0.286. The Morgan fingerprint density at radius 2 is 1.69 bits per heavy atom. The zero-order chi connectivity index (χ0) is 24.0. The Balaban J connectivity index is 0.00000267. The van der Waals surface area contributed by atoms with Gasteiger partial charge in [0, 0.05) is 40.0 Å². The Bertz CT molecular complexity index is 1450. The average Bonchev–Trinajstić information content (AvgIpc) is 2.99. The molecule has 1 amide bonds. The van der Waals surface area contributed by atoms with Crippen LogP contribution in [0.15, 0.2) is 71.9 Å². The lowest BCUT2D eigenvalue weighted by Crippen LogP contribution is -2.50. The van der Waals surface area contributed by atoms with Crippen LogP contribution in [0.4, 0.5) is 0 Å². The molecule has 6 rings (SSSR count). The SMILES string of the molecule is O=C(c1cncc2c1CCC=C2)N1CCN(C2c3ccccc3CS(=O)(=O)c3ccccc32)CC1.[HH]. The Morgan fingerprint density at radius 3 is 2.51 bits per heavy atom. The zero-order valence-corrected chi connectivity index (χ0v) is 20.2. The van der Waals surface area contributed by atoms with Gasteiger partial charge in [0.25, 0.3) is 5.91 Å². The highest BCUT2D eigenvalue weighted by Crippen LogP contribution is 2.40. The highest BCUT2D eigenvalue weighted by Gasteiger charge is 2.36. The van der Waals surface area contributed by atoms with Gasteiger partial charge in [-0.05, 0) is 46.7 Å². The molecule has 180 valence electrons. The third-order valence-electron chi connectivity index (χ3n) is 7.39. The maximum Gasteiger partial charge on any atom is 0.255 e. The third-order valence-corrected chi connectivity index (χ3v) is 9.12. The van der Waals surface area contributed by atoms with Crippen molar-refractivity contribution in [3.63, 3.8) is 0 Å². The van der Waals surface area contributed by atoms with Crippen LogP contribution in [0, 0.1) is 0 Å². The maximum absolute atomic E-state index is 13.5. The highest BCUT2D eigenvalue weighted by molar-refractivity contribution is 7.90. The highest BCUT2D eigenvalue weighted by atomic mass is 32.2. The monoisotopic (exact) mass is 487 g/mol. The summed E-state index contributed by atoms with van der Waals surface area (Å²) < 4.78 is 26.4. The van der Waals surface area contributed by atoms with E-state index in [-0.39, 0.29) is 19.1 Å². The molecule has 1 aromatic heterocycles. The van der Waals surface area contributed by atoms with Crippen molar-refractivity contribution in [2.75, 3.05) is 26.2 Å². The van der Waals surface area contributed by atoms with Gasteiger partial charge in [0.2, 0.25) is 0 Å². The molecule has 6 nitrogen and oxygen atoms in total. The van der Waals surface area contributed by atoms with Crippen LogP contribution in [0.1, 0.15) is 52.1 Å². The van der Waals surface area contributed by atoms with Gasteiger partial charge in [0.05, 0.1) is 22.3 Å². The van der Waals surface area contributed by atoms with Gasteiger partial charge in [-0.25, -0.2) is 8.42 Å².